The van der Waals surface area contributed by atoms with Gasteiger partial charge in [0.1, 0.15) is 11.5 Å². The summed E-state index contributed by atoms with van der Waals surface area (Å²) in [5.74, 6) is -1.81. The van der Waals surface area contributed by atoms with Crippen molar-refractivity contribution in [2.24, 2.45) is 11.7 Å². The van der Waals surface area contributed by atoms with E-state index in [4.69, 9.17) is 10.5 Å². The molecule has 0 spiro atoms. The zero-order chi connectivity index (χ0) is 27.5. The number of pyridine rings is 2. The first kappa shape index (κ1) is 26.7. The first-order valence-corrected chi connectivity index (χ1v) is 13.7. The van der Waals surface area contributed by atoms with Crippen molar-refractivity contribution in [2.45, 2.75) is 45.6 Å². The Hall–Kier alpha value is -3.92. The van der Waals surface area contributed by atoms with E-state index >= 15 is 0 Å². The monoisotopic (exact) mass is 550 g/mol. The second-order valence-electron chi connectivity index (χ2n) is 9.76. The van der Waals surface area contributed by atoms with Crippen LogP contribution in [0.15, 0.2) is 48.8 Å². The summed E-state index contributed by atoms with van der Waals surface area (Å²) in [6.07, 6.45) is 6.37. The van der Waals surface area contributed by atoms with Gasteiger partial charge in [-0.3, -0.25) is 14.8 Å². The third-order valence-electron chi connectivity index (χ3n) is 6.58. The molecular formula is C29H28F2N4O3S. The number of carbonyl (C=O) groups excluding carboxylic acids is 2. The van der Waals surface area contributed by atoms with Gasteiger partial charge in [-0.1, -0.05) is 19.1 Å². The molecule has 0 radical (unpaired) electrons. The second kappa shape index (κ2) is 11.4. The van der Waals surface area contributed by atoms with Gasteiger partial charge >= 0.3 is 6.03 Å². The Morgan fingerprint density at radius 1 is 1.10 bits per heavy atom. The van der Waals surface area contributed by atoms with Gasteiger partial charge in [-0.2, -0.15) is 4.39 Å². The van der Waals surface area contributed by atoms with Crippen LogP contribution in [0.3, 0.4) is 0 Å². The lowest BCUT2D eigenvalue weighted by molar-refractivity contribution is -0.118. The molecule has 3 heterocycles. The van der Waals surface area contributed by atoms with E-state index in [1.54, 1.807) is 17.2 Å². The molecule has 0 unspecified atom stereocenters. The van der Waals surface area contributed by atoms with Crippen molar-refractivity contribution >= 4 is 33.4 Å². The standard InChI is InChI=1S/C29H28F2N4O3S/c1-2-11-35(29(32)37)16-18-5-7-21(34-15-18)25-14-22-28(39-25)24(9-10-33-22)38-23-8-6-19(26(30)27(23)31)13-20(36)12-17-3-4-17/h5-10,14-15,17H,2-4,11-13,16H2,1H3,(H2,32,37). The molecule has 2 amide bonds. The highest BCUT2D eigenvalue weighted by Gasteiger charge is 2.25. The van der Waals surface area contributed by atoms with Gasteiger partial charge in [0.05, 0.1) is 20.8 Å². The number of thiophene rings is 1. The normalized spacial score (nSPS) is 13.0. The Morgan fingerprint density at radius 3 is 2.62 bits per heavy atom. The van der Waals surface area contributed by atoms with Crippen molar-refractivity contribution in [1.82, 2.24) is 14.9 Å². The number of carbonyl (C=O) groups is 2. The van der Waals surface area contributed by atoms with Gasteiger partial charge in [0.15, 0.2) is 11.6 Å². The van der Waals surface area contributed by atoms with Crippen molar-refractivity contribution in [3.63, 3.8) is 0 Å². The third-order valence-corrected chi connectivity index (χ3v) is 7.74. The van der Waals surface area contributed by atoms with Crippen molar-refractivity contribution < 1.29 is 23.1 Å². The average molecular weight is 551 g/mol. The summed E-state index contributed by atoms with van der Waals surface area (Å²) in [4.78, 5) is 35.1. The van der Waals surface area contributed by atoms with Crippen LogP contribution >= 0.6 is 11.3 Å². The molecule has 1 saturated carbocycles. The lowest BCUT2D eigenvalue weighted by atomic mass is 10.0. The number of amides is 2. The maximum atomic E-state index is 14.9. The van der Waals surface area contributed by atoms with Crippen LogP contribution in [0.1, 0.15) is 43.7 Å². The minimum atomic E-state index is -1.13. The highest BCUT2D eigenvalue weighted by molar-refractivity contribution is 7.22. The predicted octanol–water partition coefficient (Wildman–Crippen LogP) is 6.63. The van der Waals surface area contributed by atoms with Crippen LogP contribution < -0.4 is 10.5 Å². The van der Waals surface area contributed by atoms with E-state index in [9.17, 15) is 18.4 Å². The quantitative estimate of drug-likeness (QED) is 0.226. The van der Waals surface area contributed by atoms with Gasteiger partial charge < -0.3 is 15.4 Å². The van der Waals surface area contributed by atoms with Crippen LogP contribution in [0.25, 0.3) is 20.8 Å². The number of Topliss-reactive ketones (excluding diaryl/α,β-unsaturated/α-hetero) is 1. The number of urea groups is 1. The van der Waals surface area contributed by atoms with Crippen LogP contribution in [0.4, 0.5) is 13.6 Å². The SMILES string of the molecule is CCCN(Cc1ccc(-c2cc3nccc(Oc4ccc(CC(=O)CC5CC5)c(F)c4F)c3s2)nc1)C(N)=O. The highest BCUT2D eigenvalue weighted by Crippen LogP contribution is 2.39. The van der Waals surface area contributed by atoms with Gasteiger partial charge in [-0.15, -0.1) is 11.3 Å². The van der Waals surface area contributed by atoms with Gasteiger partial charge in [0.2, 0.25) is 5.82 Å². The molecule has 3 aromatic heterocycles. The maximum Gasteiger partial charge on any atom is 0.315 e. The van der Waals surface area contributed by atoms with E-state index < -0.39 is 17.7 Å². The molecule has 202 valence electrons. The van der Waals surface area contributed by atoms with E-state index in [0.717, 1.165) is 29.7 Å². The van der Waals surface area contributed by atoms with E-state index in [0.29, 0.717) is 47.1 Å². The van der Waals surface area contributed by atoms with Crippen LogP contribution in [0, 0.1) is 17.6 Å². The topological polar surface area (TPSA) is 98.4 Å². The summed E-state index contributed by atoms with van der Waals surface area (Å²) in [7, 11) is 0. The van der Waals surface area contributed by atoms with Crippen molar-refractivity contribution in [2.75, 3.05) is 6.54 Å². The van der Waals surface area contributed by atoms with E-state index in [1.807, 2.05) is 25.1 Å². The molecule has 10 heteroatoms. The third kappa shape index (κ3) is 6.22. The molecule has 1 aliphatic rings. The molecule has 1 aromatic carbocycles. The molecule has 0 saturated heterocycles. The Kier molecular flexibility index (Phi) is 7.83. The Labute approximate surface area is 228 Å². The lowest BCUT2D eigenvalue weighted by Crippen LogP contribution is -2.35. The summed E-state index contributed by atoms with van der Waals surface area (Å²) in [6, 6.07) is 9.47. The molecule has 1 fully saturated rings. The van der Waals surface area contributed by atoms with Crippen LogP contribution in [-0.2, 0) is 17.8 Å². The van der Waals surface area contributed by atoms with E-state index in [2.05, 4.69) is 9.97 Å². The number of nitrogens with zero attached hydrogens (tertiary/aromatic N) is 3. The van der Waals surface area contributed by atoms with Gasteiger partial charge in [-0.05, 0) is 54.5 Å². The number of hydrogen-bond acceptors (Lipinski definition) is 6. The number of ketones is 1. The van der Waals surface area contributed by atoms with Crippen molar-refractivity contribution in [1.29, 1.82) is 0 Å². The summed E-state index contributed by atoms with van der Waals surface area (Å²) in [6.45, 7) is 2.91. The number of fused-ring (bicyclic) bond motifs is 1. The molecule has 0 atom stereocenters. The molecule has 2 N–H and O–H groups in total. The number of benzene rings is 1. The van der Waals surface area contributed by atoms with Crippen LogP contribution in [0.2, 0.25) is 0 Å². The van der Waals surface area contributed by atoms with Crippen LogP contribution in [-0.4, -0.2) is 33.2 Å². The zero-order valence-corrected chi connectivity index (χ0v) is 22.3. The number of halogens is 2. The molecule has 4 aromatic rings. The smallest absolute Gasteiger partial charge is 0.315 e. The number of hydrogen-bond donors (Lipinski definition) is 1. The highest BCUT2D eigenvalue weighted by atomic mass is 32.1. The molecular weight excluding hydrogens is 522 g/mol. The fraction of sp³-hybridized carbons (Fsp3) is 0.310. The largest absolute Gasteiger partial charge is 0.453 e. The molecule has 5 rings (SSSR count). The first-order chi connectivity index (χ1) is 18.8. The Balaban J connectivity index is 1.34. The predicted molar refractivity (Wildman–Crippen MR) is 146 cm³/mol. The Morgan fingerprint density at radius 2 is 1.92 bits per heavy atom. The molecule has 39 heavy (non-hydrogen) atoms. The number of nitrogens with two attached hydrogens (primary N) is 1. The minimum Gasteiger partial charge on any atom is -0.453 e. The van der Waals surface area contributed by atoms with E-state index in [-0.39, 0.29) is 23.5 Å². The number of aromatic nitrogens is 2. The van der Waals surface area contributed by atoms with E-state index in [1.165, 1.54) is 29.7 Å². The van der Waals surface area contributed by atoms with Gasteiger partial charge in [-0.25, -0.2) is 9.18 Å². The first-order valence-electron chi connectivity index (χ1n) is 12.9. The fourth-order valence-corrected chi connectivity index (χ4v) is 5.42. The average Bonchev–Trinajstić information content (AvgIpc) is 3.62. The summed E-state index contributed by atoms with van der Waals surface area (Å²) < 4.78 is 36.1. The fourth-order valence-electron chi connectivity index (χ4n) is 4.38. The lowest BCUT2D eigenvalue weighted by Gasteiger charge is -2.19. The van der Waals surface area contributed by atoms with Crippen LogP contribution in [0.5, 0.6) is 11.5 Å². The van der Waals surface area contributed by atoms with Gasteiger partial charge in [0, 0.05) is 44.4 Å². The Bertz CT molecular complexity index is 1520. The molecule has 7 nitrogen and oxygen atoms in total. The summed E-state index contributed by atoms with van der Waals surface area (Å²) >= 11 is 1.37. The molecule has 0 aliphatic heterocycles. The maximum absolute atomic E-state index is 14.9. The second-order valence-corrected chi connectivity index (χ2v) is 10.8. The van der Waals surface area contributed by atoms with Crippen molar-refractivity contribution in [3.8, 4) is 22.1 Å². The number of primary amides is 1. The van der Waals surface area contributed by atoms with Gasteiger partial charge in [0.25, 0.3) is 0 Å². The van der Waals surface area contributed by atoms with Crippen molar-refractivity contribution in [3.05, 3.63) is 71.6 Å². The minimum absolute atomic E-state index is 0.0342. The molecule has 1 aliphatic carbocycles. The summed E-state index contributed by atoms with van der Waals surface area (Å²) in [5.41, 5.74) is 7.67. The summed E-state index contributed by atoms with van der Waals surface area (Å²) in [5, 5.41) is 0. The number of ether oxygens (including phenoxy) is 1. The number of rotatable bonds is 11. The zero-order valence-electron chi connectivity index (χ0n) is 21.5. The molecule has 0 bridgehead atoms.